The lowest BCUT2D eigenvalue weighted by atomic mass is 9.97. The summed E-state index contributed by atoms with van der Waals surface area (Å²) in [6.45, 7) is 2.63. The highest BCUT2D eigenvalue weighted by molar-refractivity contribution is 9.10. The van der Waals surface area contributed by atoms with Gasteiger partial charge in [0.2, 0.25) is 0 Å². The highest BCUT2D eigenvalue weighted by Gasteiger charge is 2.34. The zero-order valence-corrected chi connectivity index (χ0v) is 13.7. The van der Waals surface area contributed by atoms with Crippen molar-refractivity contribution >= 4 is 22.0 Å². The summed E-state index contributed by atoms with van der Waals surface area (Å²) in [5.74, 6) is 0.797. The van der Waals surface area contributed by atoms with E-state index in [1.54, 1.807) is 0 Å². The third kappa shape index (κ3) is 3.06. The number of piperazine rings is 1. The van der Waals surface area contributed by atoms with Gasteiger partial charge in [-0.1, -0.05) is 15.9 Å². The van der Waals surface area contributed by atoms with Gasteiger partial charge in [0.25, 0.3) is 0 Å². The largest absolute Gasteiger partial charge is 0.493 e. The number of halogens is 1. The monoisotopic (exact) mass is 370 g/mol. The second kappa shape index (κ2) is 6.44. The Balaban J connectivity index is 1.86. The molecule has 1 aromatic rings. The Morgan fingerprint density at radius 2 is 2.00 bits per heavy atom. The summed E-state index contributed by atoms with van der Waals surface area (Å²) in [5, 5.41) is 19.6. The number of hydrogen-bond acceptors (Lipinski definition) is 4. The summed E-state index contributed by atoms with van der Waals surface area (Å²) in [4.78, 5) is 14.6. The molecule has 6 nitrogen and oxygen atoms in total. The van der Waals surface area contributed by atoms with E-state index in [0.717, 1.165) is 15.8 Å². The first kappa shape index (κ1) is 15.6. The molecule has 2 heterocycles. The SMILES string of the molecule is O=C(O)N1CCN([C@H]2c3cc(Br)ccc3OCC[C@@H]2O)CC1. The van der Waals surface area contributed by atoms with Crippen molar-refractivity contribution in [2.75, 3.05) is 32.8 Å². The lowest BCUT2D eigenvalue weighted by Gasteiger charge is -2.39. The first-order valence-electron chi connectivity index (χ1n) is 7.38. The van der Waals surface area contributed by atoms with Crippen molar-refractivity contribution in [2.24, 2.45) is 0 Å². The molecular weight excluding hydrogens is 352 g/mol. The first-order valence-corrected chi connectivity index (χ1v) is 8.18. The van der Waals surface area contributed by atoms with Crippen molar-refractivity contribution in [3.8, 4) is 5.75 Å². The molecule has 0 spiro atoms. The molecule has 22 heavy (non-hydrogen) atoms. The number of nitrogens with zero attached hydrogens (tertiary/aromatic N) is 2. The molecular formula is C15H19BrN2O4. The molecule has 2 N–H and O–H groups in total. The second-order valence-electron chi connectivity index (χ2n) is 5.64. The summed E-state index contributed by atoms with van der Waals surface area (Å²) < 4.78 is 6.68. The van der Waals surface area contributed by atoms with E-state index in [4.69, 9.17) is 9.84 Å². The van der Waals surface area contributed by atoms with Gasteiger partial charge in [0, 0.05) is 42.6 Å². The fraction of sp³-hybridized carbons (Fsp3) is 0.533. The highest BCUT2D eigenvalue weighted by Crippen LogP contribution is 2.37. The Morgan fingerprint density at radius 1 is 1.27 bits per heavy atom. The maximum absolute atomic E-state index is 11.0. The predicted octanol–water partition coefficient (Wildman–Crippen LogP) is 1.93. The number of hydrogen-bond donors (Lipinski definition) is 2. The number of carboxylic acid groups (broad SMARTS) is 1. The van der Waals surface area contributed by atoms with Crippen LogP contribution in [0.15, 0.2) is 22.7 Å². The Bertz CT molecular complexity index is 560. The molecule has 3 rings (SSSR count). The maximum atomic E-state index is 11.0. The number of carbonyl (C=O) groups is 1. The van der Waals surface area contributed by atoms with Crippen molar-refractivity contribution in [2.45, 2.75) is 18.6 Å². The minimum Gasteiger partial charge on any atom is -0.493 e. The Labute approximate surface area is 137 Å². The van der Waals surface area contributed by atoms with E-state index >= 15 is 0 Å². The van der Waals surface area contributed by atoms with Crippen molar-refractivity contribution in [1.82, 2.24) is 9.80 Å². The van der Waals surface area contributed by atoms with Gasteiger partial charge in [0.05, 0.1) is 18.8 Å². The van der Waals surface area contributed by atoms with E-state index in [1.165, 1.54) is 4.90 Å². The smallest absolute Gasteiger partial charge is 0.407 e. The average Bonchev–Trinajstić information content (AvgIpc) is 2.65. The van der Waals surface area contributed by atoms with Crippen LogP contribution in [0.25, 0.3) is 0 Å². The van der Waals surface area contributed by atoms with Crippen LogP contribution in [-0.4, -0.2) is 65.0 Å². The molecule has 2 atom stereocenters. The fourth-order valence-electron chi connectivity index (χ4n) is 3.17. The van der Waals surface area contributed by atoms with Gasteiger partial charge in [-0.25, -0.2) is 4.79 Å². The molecule has 7 heteroatoms. The Hall–Kier alpha value is -1.31. The van der Waals surface area contributed by atoms with Gasteiger partial charge in [-0.2, -0.15) is 0 Å². The van der Waals surface area contributed by atoms with E-state index in [-0.39, 0.29) is 6.04 Å². The van der Waals surface area contributed by atoms with Crippen LogP contribution < -0.4 is 4.74 Å². The molecule has 0 aromatic heterocycles. The van der Waals surface area contributed by atoms with E-state index in [2.05, 4.69) is 20.8 Å². The number of fused-ring (bicyclic) bond motifs is 1. The van der Waals surface area contributed by atoms with E-state index in [1.807, 2.05) is 18.2 Å². The van der Waals surface area contributed by atoms with Crippen molar-refractivity contribution in [1.29, 1.82) is 0 Å². The number of aliphatic hydroxyl groups excluding tert-OH is 1. The van der Waals surface area contributed by atoms with Crippen LogP contribution in [0.2, 0.25) is 0 Å². The van der Waals surface area contributed by atoms with Crippen LogP contribution in [0.3, 0.4) is 0 Å². The minimum atomic E-state index is -0.882. The van der Waals surface area contributed by atoms with Gasteiger partial charge < -0.3 is 19.8 Å². The Morgan fingerprint density at radius 3 is 2.68 bits per heavy atom. The molecule has 120 valence electrons. The molecule has 1 fully saturated rings. The summed E-state index contributed by atoms with van der Waals surface area (Å²) in [6, 6.07) is 5.66. The van der Waals surface area contributed by atoms with Crippen molar-refractivity contribution < 1.29 is 19.7 Å². The van der Waals surface area contributed by atoms with Crippen LogP contribution in [-0.2, 0) is 0 Å². The highest BCUT2D eigenvalue weighted by atomic mass is 79.9. The molecule has 0 saturated carbocycles. The molecule has 0 radical (unpaired) electrons. The molecule has 0 bridgehead atoms. The average molecular weight is 371 g/mol. The lowest BCUT2D eigenvalue weighted by molar-refractivity contribution is 0.0166. The van der Waals surface area contributed by atoms with Crippen LogP contribution in [0.1, 0.15) is 18.0 Å². The molecule has 1 amide bonds. The molecule has 2 aliphatic rings. The summed E-state index contributed by atoms with van der Waals surface area (Å²) in [7, 11) is 0. The molecule has 1 saturated heterocycles. The molecule has 0 unspecified atom stereocenters. The zero-order chi connectivity index (χ0) is 15.7. The number of rotatable bonds is 1. The van der Waals surface area contributed by atoms with Gasteiger partial charge in [0.15, 0.2) is 0 Å². The van der Waals surface area contributed by atoms with Gasteiger partial charge in [-0.15, -0.1) is 0 Å². The topological polar surface area (TPSA) is 73.2 Å². The summed E-state index contributed by atoms with van der Waals surface area (Å²) >= 11 is 3.47. The maximum Gasteiger partial charge on any atom is 0.407 e. The minimum absolute atomic E-state index is 0.161. The number of benzene rings is 1. The molecule has 0 aliphatic carbocycles. The van der Waals surface area contributed by atoms with Crippen molar-refractivity contribution in [3.05, 3.63) is 28.2 Å². The predicted molar refractivity (Wildman–Crippen MR) is 84.2 cm³/mol. The van der Waals surface area contributed by atoms with Crippen LogP contribution in [0.4, 0.5) is 4.79 Å². The first-order chi connectivity index (χ1) is 10.6. The van der Waals surface area contributed by atoms with Gasteiger partial charge in [-0.05, 0) is 18.2 Å². The summed E-state index contributed by atoms with van der Waals surface area (Å²) in [6.07, 6.45) is -0.838. The van der Waals surface area contributed by atoms with Crippen molar-refractivity contribution in [3.63, 3.8) is 0 Å². The summed E-state index contributed by atoms with van der Waals surface area (Å²) in [5.41, 5.74) is 0.961. The van der Waals surface area contributed by atoms with Crippen LogP contribution >= 0.6 is 15.9 Å². The van der Waals surface area contributed by atoms with E-state index in [0.29, 0.717) is 39.2 Å². The third-order valence-corrected chi connectivity index (χ3v) is 4.80. The number of amides is 1. The second-order valence-corrected chi connectivity index (χ2v) is 6.55. The third-order valence-electron chi connectivity index (χ3n) is 4.30. The van der Waals surface area contributed by atoms with Gasteiger partial charge in [-0.3, -0.25) is 4.90 Å². The number of aliphatic hydroxyl groups is 1. The zero-order valence-electron chi connectivity index (χ0n) is 12.1. The number of ether oxygens (including phenoxy) is 1. The van der Waals surface area contributed by atoms with Crippen LogP contribution in [0.5, 0.6) is 5.75 Å². The fourth-order valence-corrected chi connectivity index (χ4v) is 3.55. The Kier molecular flexibility index (Phi) is 4.56. The standard InChI is InChI=1S/C15H19BrN2O4/c16-10-1-2-13-11(9-10)14(12(19)3-8-22-13)17-4-6-18(7-5-17)15(20)21/h1-2,9,12,14,19H,3-8H2,(H,20,21)/t12-,14-/m0/s1. The quantitative estimate of drug-likeness (QED) is 0.789. The lowest BCUT2D eigenvalue weighted by Crippen LogP contribution is -2.51. The van der Waals surface area contributed by atoms with E-state index in [9.17, 15) is 9.90 Å². The molecule has 1 aromatic carbocycles. The normalized spacial score (nSPS) is 26.0. The molecule has 2 aliphatic heterocycles. The van der Waals surface area contributed by atoms with Crippen LogP contribution in [0, 0.1) is 0 Å². The van der Waals surface area contributed by atoms with Gasteiger partial charge in [0.1, 0.15) is 5.75 Å². The van der Waals surface area contributed by atoms with E-state index < -0.39 is 12.2 Å². The van der Waals surface area contributed by atoms with Gasteiger partial charge >= 0.3 is 6.09 Å².